The Morgan fingerprint density at radius 1 is 1.10 bits per heavy atom. The Kier molecular flexibility index (Phi) is 5.51. The smallest absolute Gasteiger partial charge is 0.0406 e. The van der Waals surface area contributed by atoms with Gasteiger partial charge < -0.3 is 5.32 Å². The Hall–Kier alpha value is -0.530. The first-order valence-corrected chi connectivity index (χ1v) is 8.36. The van der Waals surface area contributed by atoms with E-state index in [-0.39, 0.29) is 0 Å². The molecule has 4 atom stereocenters. The van der Waals surface area contributed by atoms with E-state index in [4.69, 9.17) is 11.6 Å². The molecule has 1 aromatic carbocycles. The number of benzene rings is 1. The third-order valence-electron chi connectivity index (χ3n) is 4.72. The van der Waals surface area contributed by atoms with Gasteiger partial charge in [0.1, 0.15) is 0 Å². The fraction of sp³-hybridized carbons (Fsp3) is 0.667. The zero-order chi connectivity index (χ0) is 14.7. The maximum atomic E-state index is 6.01. The number of rotatable bonds is 4. The highest BCUT2D eigenvalue weighted by atomic mass is 35.5. The van der Waals surface area contributed by atoms with Crippen LogP contribution in [-0.2, 0) is 0 Å². The van der Waals surface area contributed by atoms with Gasteiger partial charge in [-0.1, -0.05) is 51.4 Å². The average Bonchev–Trinajstić information content (AvgIpc) is 2.39. The first-order chi connectivity index (χ1) is 9.47. The Balaban J connectivity index is 2.08. The van der Waals surface area contributed by atoms with E-state index >= 15 is 0 Å². The Morgan fingerprint density at radius 2 is 1.75 bits per heavy atom. The summed E-state index contributed by atoms with van der Waals surface area (Å²) in [5.41, 5.74) is 1.36. The monoisotopic (exact) mass is 293 g/mol. The van der Waals surface area contributed by atoms with Crippen molar-refractivity contribution in [2.24, 2.45) is 17.8 Å². The zero-order valence-corrected chi connectivity index (χ0v) is 14.0. The number of hydrogen-bond donors (Lipinski definition) is 1. The molecule has 1 aliphatic rings. The highest BCUT2D eigenvalue weighted by Crippen LogP contribution is 2.32. The van der Waals surface area contributed by atoms with Gasteiger partial charge in [0, 0.05) is 17.1 Å². The molecule has 1 aliphatic carbocycles. The largest absolute Gasteiger partial charge is 0.307 e. The van der Waals surface area contributed by atoms with Crippen LogP contribution in [0.15, 0.2) is 24.3 Å². The number of nitrogens with one attached hydrogen (secondary N) is 1. The lowest BCUT2D eigenvalue weighted by atomic mass is 9.79. The van der Waals surface area contributed by atoms with Crippen LogP contribution >= 0.6 is 11.6 Å². The maximum absolute atomic E-state index is 6.01. The summed E-state index contributed by atoms with van der Waals surface area (Å²) in [5, 5.41) is 4.73. The molecule has 2 rings (SSSR count). The molecule has 0 bridgehead atoms. The number of halogens is 1. The standard InChI is InChI=1S/C18H28ClN/c1-12(2)18(15-6-8-16(19)9-7-15)20-17-10-5-13(3)11-14(17)4/h6-9,12-14,17-18,20H,5,10-11H2,1-4H3. The van der Waals surface area contributed by atoms with Crippen molar-refractivity contribution >= 4 is 11.6 Å². The summed E-state index contributed by atoms with van der Waals surface area (Å²) in [6.07, 6.45) is 4.01. The molecular formula is C18H28ClN. The van der Waals surface area contributed by atoms with Crippen molar-refractivity contribution in [2.45, 2.75) is 59.0 Å². The highest BCUT2D eigenvalue weighted by Gasteiger charge is 2.28. The van der Waals surface area contributed by atoms with Crippen molar-refractivity contribution in [3.63, 3.8) is 0 Å². The van der Waals surface area contributed by atoms with E-state index in [0.717, 1.165) is 16.9 Å². The number of hydrogen-bond acceptors (Lipinski definition) is 1. The lowest BCUT2D eigenvalue weighted by Gasteiger charge is -2.37. The molecular weight excluding hydrogens is 266 g/mol. The molecule has 0 saturated heterocycles. The molecule has 1 fully saturated rings. The molecule has 1 aromatic rings. The van der Waals surface area contributed by atoms with Crippen molar-refractivity contribution in [3.05, 3.63) is 34.9 Å². The van der Waals surface area contributed by atoms with E-state index < -0.39 is 0 Å². The van der Waals surface area contributed by atoms with E-state index in [0.29, 0.717) is 18.0 Å². The van der Waals surface area contributed by atoms with Crippen LogP contribution in [0.25, 0.3) is 0 Å². The van der Waals surface area contributed by atoms with E-state index in [9.17, 15) is 0 Å². The molecule has 1 nitrogen and oxygen atoms in total. The van der Waals surface area contributed by atoms with Gasteiger partial charge >= 0.3 is 0 Å². The average molecular weight is 294 g/mol. The van der Waals surface area contributed by atoms with Gasteiger partial charge in [0.2, 0.25) is 0 Å². The SMILES string of the molecule is CC1CCC(NC(c2ccc(Cl)cc2)C(C)C)C(C)C1. The van der Waals surface area contributed by atoms with Crippen molar-refractivity contribution in [3.8, 4) is 0 Å². The summed E-state index contributed by atoms with van der Waals surface area (Å²) < 4.78 is 0. The van der Waals surface area contributed by atoms with Crippen LogP contribution in [0.2, 0.25) is 5.02 Å². The Morgan fingerprint density at radius 3 is 2.30 bits per heavy atom. The van der Waals surface area contributed by atoms with Gasteiger partial charge in [-0.15, -0.1) is 0 Å². The van der Waals surface area contributed by atoms with Gasteiger partial charge in [-0.2, -0.15) is 0 Å². The summed E-state index contributed by atoms with van der Waals surface area (Å²) in [5.74, 6) is 2.24. The van der Waals surface area contributed by atoms with Gasteiger partial charge in [-0.05, 0) is 54.7 Å². The molecule has 0 radical (unpaired) electrons. The van der Waals surface area contributed by atoms with Crippen LogP contribution in [0, 0.1) is 17.8 Å². The van der Waals surface area contributed by atoms with Gasteiger partial charge in [0.05, 0.1) is 0 Å². The highest BCUT2D eigenvalue weighted by molar-refractivity contribution is 6.30. The molecule has 0 aliphatic heterocycles. The van der Waals surface area contributed by atoms with Gasteiger partial charge in [-0.3, -0.25) is 0 Å². The van der Waals surface area contributed by atoms with E-state index in [1.54, 1.807) is 0 Å². The predicted molar refractivity (Wildman–Crippen MR) is 88.1 cm³/mol. The summed E-state index contributed by atoms with van der Waals surface area (Å²) in [6, 6.07) is 9.40. The molecule has 1 saturated carbocycles. The van der Waals surface area contributed by atoms with Crippen LogP contribution in [0.5, 0.6) is 0 Å². The minimum absolute atomic E-state index is 0.424. The summed E-state index contributed by atoms with van der Waals surface area (Å²) >= 11 is 6.01. The van der Waals surface area contributed by atoms with E-state index in [2.05, 4.69) is 45.1 Å². The predicted octanol–water partition coefficient (Wildman–Crippen LogP) is 5.45. The van der Waals surface area contributed by atoms with E-state index in [1.807, 2.05) is 12.1 Å². The molecule has 0 amide bonds. The molecule has 1 N–H and O–H groups in total. The summed E-state index contributed by atoms with van der Waals surface area (Å²) in [4.78, 5) is 0. The van der Waals surface area contributed by atoms with Crippen LogP contribution in [0.4, 0.5) is 0 Å². The van der Waals surface area contributed by atoms with Crippen LogP contribution in [0.1, 0.15) is 58.6 Å². The molecule has 4 unspecified atom stereocenters. The summed E-state index contributed by atoms with van der Waals surface area (Å²) in [7, 11) is 0. The third kappa shape index (κ3) is 3.99. The third-order valence-corrected chi connectivity index (χ3v) is 4.97. The molecule has 0 spiro atoms. The topological polar surface area (TPSA) is 12.0 Å². The lowest BCUT2D eigenvalue weighted by Crippen LogP contribution is -2.42. The molecule has 0 heterocycles. The van der Waals surface area contributed by atoms with Crippen molar-refractivity contribution in [2.75, 3.05) is 0 Å². The van der Waals surface area contributed by atoms with E-state index in [1.165, 1.54) is 24.8 Å². The minimum atomic E-state index is 0.424. The van der Waals surface area contributed by atoms with Crippen molar-refractivity contribution < 1.29 is 0 Å². The first kappa shape index (κ1) is 15.9. The van der Waals surface area contributed by atoms with Crippen molar-refractivity contribution in [1.29, 1.82) is 0 Å². The second-order valence-electron chi connectivity index (χ2n) is 6.94. The first-order valence-electron chi connectivity index (χ1n) is 7.99. The van der Waals surface area contributed by atoms with Gasteiger partial charge in [0.15, 0.2) is 0 Å². The molecule has 20 heavy (non-hydrogen) atoms. The quantitative estimate of drug-likeness (QED) is 0.778. The molecule has 112 valence electrons. The van der Waals surface area contributed by atoms with Crippen molar-refractivity contribution in [1.82, 2.24) is 5.32 Å². The summed E-state index contributed by atoms with van der Waals surface area (Å²) in [6.45, 7) is 9.36. The Labute approximate surface area is 129 Å². The second kappa shape index (κ2) is 6.95. The maximum Gasteiger partial charge on any atom is 0.0406 e. The Bertz CT molecular complexity index is 412. The molecule has 2 heteroatoms. The van der Waals surface area contributed by atoms with Gasteiger partial charge in [-0.25, -0.2) is 0 Å². The lowest BCUT2D eigenvalue weighted by molar-refractivity contribution is 0.200. The minimum Gasteiger partial charge on any atom is -0.307 e. The van der Waals surface area contributed by atoms with Crippen LogP contribution in [-0.4, -0.2) is 6.04 Å². The van der Waals surface area contributed by atoms with Gasteiger partial charge in [0.25, 0.3) is 0 Å². The zero-order valence-electron chi connectivity index (χ0n) is 13.2. The molecule has 0 aromatic heterocycles. The fourth-order valence-electron chi connectivity index (χ4n) is 3.49. The second-order valence-corrected chi connectivity index (χ2v) is 7.38. The van der Waals surface area contributed by atoms with Crippen LogP contribution < -0.4 is 5.32 Å². The normalized spacial score (nSPS) is 28.6. The fourth-order valence-corrected chi connectivity index (χ4v) is 3.61. The van der Waals surface area contributed by atoms with Crippen LogP contribution in [0.3, 0.4) is 0 Å².